The number of benzene rings is 1. The summed E-state index contributed by atoms with van der Waals surface area (Å²) >= 11 is 5.92. The van der Waals surface area contributed by atoms with Gasteiger partial charge in [0.05, 0.1) is 12.3 Å². The van der Waals surface area contributed by atoms with Crippen molar-refractivity contribution < 1.29 is 9.53 Å². The Hall–Kier alpha value is -1.48. The molecular formula is C11H10ClNO2. The molecule has 0 saturated carbocycles. The molecule has 1 amide bonds. The van der Waals surface area contributed by atoms with E-state index >= 15 is 0 Å². The summed E-state index contributed by atoms with van der Waals surface area (Å²) in [4.78, 5) is 11.2. The normalized spacial score (nSPS) is 12.9. The number of carbonyl (C=O) groups is 1. The summed E-state index contributed by atoms with van der Waals surface area (Å²) in [6, 6.07) is 3.53. The fourth-order valence-corrected chi connectivity index (χ4v) is 1.79. The summed E-state index contributed by atoms with van der Waals surface area (Å²) in [5.41, 5.74) is 1.64. The van der Waals surface area contributed by atoms with Crippen molar-refractivity contribution in [2.45, 2.75) is 6.42 Å². The van der Waals surface area contributed by atoms with Crippen molar-refractivity contribution in [3.63, 3.8) is 0 Å². The van der Waals surface area contributed by atoms with Crippen LogP contribution in [0.5, 0.6) is 5.75 Å². The molecule has 0 spiro atoms. The number of hydrogen-bond donors (Lipinski definition) is 1. The quantitative estimate of drug-likeness (QED) is 0.782. The van der Waals surface area contributed by atoms with Crippen LogP contribution in [0, 0.1) is 0 Å². The molecule has 1 aromatic carbocycles. The van der Waals surface area contributed by atoms with Gasteiger partial charge in [-0.05, 0) is 18.2 Å². The molecule has 0 atom stereocenters. The molecule has 0 radical (unpaired) electrons. The third-order valence-electron chi connectivity index (χ3n) is 2.19. The van der Waals surface area contributed by atoms with Crippen LogP contribution < -0.4 is 10.1 Å². The minimum atomic E-state index is -0.269. The Morgan fingerprint density at radius 3 is 3.13 bits per heavy atom. The largest absolute Gasteiger partial charge is 0.491 e. The van der Waals surface area contributed by atoms with Gasteiger partial charge in [0.2, 0.25) is 5.91 Å². The number of rotatable bonds is 2. The molecule has 4 heteroatoms. The van der Waals surface area contributed by atoms with Crippen LogP contribution in [0.4, 0.5) is 5.69 Å². The topological polar surface area (TPSA) is 38.3 Å². The Bertz CT molecular complexity index is 429. The maximum absolute atomic E-state index is 11.2. The van der Waals surface area contributed by atoms with Crippen LogP contribution in [-0.4, -0.2) is 12.5 Å². The van der Waals surface area contributed by atoms with Crippen molar-refractivity contribution in [3.8, 4) is 5.75 Å². The number of ether oxygens (including phenoxy) is 1. The highest BCUT2D eigenvalue weighted by Gasteiger charge is 2.18. The van der Waals surface area contributed by atoms with Crippen LogP contribution >= 0.6 is 11.6 Å². The molecule has 1 aliphatic rings. The van der Waals surface area contributed by atoms with E-state index in [0.29, 0.717) is 17.3 Å². The van der Waals surface area contributed by atoms with Gasteiger partial charge in [0.1, 0.15) is 5.75 Å². The molecule has 1 heterocycles. The van der Waals surface area contributed by atoms with E-state index in [1.165, 1.54) is 6.08 Å². The van der Waals surface area contributed by atoms with Gasteiger partial charge in [0.25, 0.3) is 0 Å². The summed E-state index contributed by atoms with van der Waals surface area (Å²) in [6.07, 6.45) is 2.04. The third kappa shape index (κ3) is 1.97. The predicted octanol–water partition coefficient (Wildman–Crippen LogP) is 2.40. The highest BCUT2D eigenvalue weighted by Crippen LogP contribution is 2.36. The van der Waals surface area contributed by atoms with Gasteiger partial charge in [-0.25, -0.2) is 0 Å². The Balaban J connectivity index is 2.38. The second-order valence-electron chi connectivity index (χ2n) is 3.23. The zero-order valence-electron chi connectivity index (χ0n) is 8.05. The molecule has 0 bridgehead atoms. The lowest BCUT2D eigenvalue weighted by atomic mass is 10.1. The summed E-state index contributed by atoms with van der Waals surface area (Å²) in [6.45, 7) is 4.02. The average molecular weight is 224 g/mol. The SMILES string of the molecule is C=CC(=O)Nc1cc(Cl)cc2c1OCC2. The molecule has 1 aromatic rings. The van der Waals surface area contributed by atoms with Crippen LogP contribution in [-0.2, 0) is 11.2 Å². The Morgan fingerprint density at radius 1 is 1.60 bits per heavy atom. The predicted molar refractivity (Wildman–Crippen MR) is 59.5 cm³/mol. The molecule has 2 rings (SSSR count). The van der Waals surface area contributed by atoms with Gasteiger partial charge in [0.15, 0.2) is 0 Å². The number of anilines is 1. The lowest BCUT2D eigenvalue weighted by molar-refractivity contribution is -0.111. The molecule has 0 aliphatic carbocycles. The molecule has 15 heavy (non-hydrogen) atoms. The van der Waals surface area contributed by atoms with E-state index in [1.807, 2.05) is 6.07 Å². The van der Waals surface area contributed by atoms with Crippen molar-refractivity contribution in [2.24, 2.45) is 0 Å². The van der Waals surface area contributed by atoms with Crippen molar-refractivity contribution in [2.75, 3.05) is 11.9 Å². The van der Waals surface area contributed by atoms with E-state index in [1.54, 1.807) is 6.07 Å². The Labute approximate surface area is 92.7 Å². The zero-order chi connectivity index (χ0) is 10.8. The van der Waals surface area contributed by atoms with Crippen molar-refractivity contribution in [3.05, 3.63) is 35.4 Å². The van der Waals surface area contributed by atoms with Gasteiger partial charge in [0, 0.05) is 17.0 Å². The minimum absolute atomic E-state index is 0.269. The molecule has 1 aliphatic heterocycles. The minimum Gasteiger partial charge on any atom is -0.491 e. The first-order chi connectivity index (χ1) is 7.20. The number of amides is 1. The molecule has 0 saturated heterocycles. The van der Waals surface area contributed by atoms with Crippen molar-refractivity contribution in [1.82, 2.24) is 0 Å². The molecule has 3 nitrogen and oxygen atoms in total. The number of fused-ring (bicyclic) bond motifs is 1. The van der Waals surface area contributed by atoms with E-state index in [9.17, 15) is 4.79 Å². The van der Waals surface area contributed by atoms with E-state index in [0.717, 1.165) is 17.7 Å². The van der Waals surface area contributed by atoms with Crippen LogP contribution in [0.3, 0.4) is 0 Å². The van der Waals surface area contributed by atoms with Gasteiger partial charge < -0.3 is 10.1 Å². The van der Waals surface area contributed by atoms with Crippen LogP contribution in [0.15, 0.2) is 24.8 Å². The van der Waals surface area contributed by atoms with Gasteiger partial charge in [-0.1, -0.05) is 18.2 Å². The molecule has 0 unspecified atom stereocenters. The summed E-state index contributed by atoms with van der Waals surface area (Å²) in [7, 11) is 0. The standard InChI is InChI=1S/C11H10ClNO2/c1-2-10(14)13-9-6-8(12)5-7-3-4-15-11(7)9/h2,5-6H,1,3-4H2,(H,13,14). The van der Waals surface area contributed by atoms with Gasteiger partial charge >= 0.3 is 0 Å². The van der Waals surface area contributed by atoms with Crippen LogP contribution in [0.2, 0.25) is 5.02 Å². The Kier molecular flexibility index (Phi) is 2.64. The Morgan fingerprint density at radius 2 is 2.40 bits per heavy atom. The zero-order valence-corrected chi connectivity index (χ0v) is 8.80. The fraction of sp³-hybridized carbons (Fsp3) is 0.182. The number of hydrogen-bond acceptors (Lipinski definition) is 2. The summed E-state index contributed by atoms with van der Waals surface area (Å²) in [5.74, 6) is 0.449. The van der Waals surface area contributed by atoms with Crippen molar-refractivity contribution in [1.29, 1.82) is 0 Å². The lowest BCUT2D eigenvalue weighted by Crippen LogP contribution is -2.08. The molecular weight excluding hydrogens is 214 g/mol. The van der Waals surface area contributed by atoms with E-state index < -0.39 is 0 Å². The first-order valence-corrected chi connectivity index (χ1v) is 4.97. The van der Waals surface area contributed by atoms with Gasteiger partial charge in [-0.3, -0.25) is 4.79 Å². The molecule has 78 valence electrons. The van der Waals surface area contributed by atoms with Crippen LogP contribution in [0.1, 0.15) is 5.56 Å². The highest BCUT2D eigenvalue weighted by molar-refractivity contribution is 6.31. The van der Waals surface area contributed by atoms with Crippen LogP contribution in [0.25, 0.3) is 0 Å². The maximum atomic E-state index is 11.2. The smallest absolute Gasteiger partial charge is 0.247 e. The van der Waals surface area contributed by atoms with E-state index in [-0.39, 0.29) is 5.91 Å². The van der Waals surface area contributed by atoms with Gasteiger partial charge in [-0.2, -0.15) is 0 Å². The maximum Gasteiger partial charge on any atom is 0.247 e. The lowest BCUT2D eigenvalue weighted by Gasteiger charge is -2.08. The van der Waals surface area contributed by atoms with Crippen molar-refractivity contribution >= 4 is 23.2 Å². The summed E-state index contributed by atoms with van der Waals surface area (Å²) < 4.78 is 5.42. The van der Waals surface area contributed by atoms with E-state index in [2.05, 4.69) is 11.9 Å². The second kappa shape index (κ2) is 3.95. The number of nitrogens with one attached hydrogen (secondary N) is 1. The number of carbonyl (C=O) groups excluding carboxylic acids is 1. The third-order valence-corrected chi connectivity index (χ3v) is 2.41. The number of halogens is 1. The van der Waals surface area contributed by atoms with Gasteiger partial charge in [-0.15, -0.1) is 0 Å². The van der Waals surface area contributed by atoms with E-state index in [4.69, 9.17) is 16.3 Å². The average Bonchev–Trinajstić information content (AvgIpc) is 2.65. The molecule has 0 fully saturated rings. The fourth-order valence-electron chi connectivity index (χ4n) is 1.55. The first kappa shape index (κ1) is 10.1. The molecule has 0 aromatic heterocycles. The highest BCUT2D eigenvalue weighted by atomic mass is 35.5. The molecule has 1 N–H and O–H groups in total. The first-order valence-electron chi connectivity index (χ1n) is 4.59. The summed E-state index contributed by atoms with van der Waals surface area (Å²) in [5, 5.41) is 3.26. The second-order valence-corrected chi connectivity index (χ2v) is 3.67. The monoisotopic (exact) mass is 223 g/mol.